The number of nitrogens with zero attached hydrogens (tertiary/aromatic N) is 1. The number of sulfonamides is 1. The highest BCUT2D eigenvalue weighted by Crippen LogP contribution is 2.17. The van der Waals surface area contributed by atoms with Crippen LogP contribution >= 0.6 is 0 Å². The fourth-order valence-corrected chi connectivity index (χ4v) is 2.65. The van der Waals surface area contributed by atoms with Gasteiger partial charge in [-0.05, 0) is 12.3 Å². The molecule has 0 aliphatic rings. The van der Waals surface area contributed by atoms with Crippen LogP contribution in [0.15, 0.2) is 4.90 Å². The van der Waals surface area contributed by atoms with Crippen LogP contribution in [0, 0.1) is 5.92 Å². The van der Waals surface area contributed by atoms with Gasteiger partial charge in [-0.3, -0.25) is 9.89 Å². The zero-order valence-corrected chi connectivity index (χ0v) is 13.3. The maximum atomic E-state index is 12.0. The lowest BCUT2D eigenvalue weighted by atomic mass is 10.2. The first kappa shape index (κ1) is 17.6. The Kier molecular flexibility index (Phi) is 6.31. The Balaban J connectivity index is 2.69. The Hall–Kier alpha value is -1.45. The molecule has 0 spiro atoms. The topological polar surface area (TPSA) is 127 Å². The molecular formula is C12H22N4O4S. The Morgan fingerprint density at radius 3 is 2.67 bits per heavy atom. The summed E-state index contributed by atoms with van der Waals surface area (Å²) in [7, 11) is -4.01. The lowest BCUT2D eigenvalue weighted by Gasteiger charge is -2.08. The van der Waals surface area contributed by atoms with Crippen LogP contribution in [0.25, 0.3) is 0 Å². The van der Waals surface area contributed by atoms with Gasteiger partial charge in [-0.25, -0.2) is 13.6 Å². The second-order valence-corrected chi connectivity index (χ2v) is 6.50. The van der Waals surface area contributed by atoms with E-state index in [0.29, 0.717) is 31.2 Å². The van der Waals surface area contributed by atoms with E-state index < -0.39 is 15.9 Å². The van der Waals surface area contributed by atoms with Gasteiger partial charge in [0.15, 0.2) is 5.69 Å². The highest BCUT2D eigenvalue weighted by molar-refractivity contribution is 7.89. The molecule has 1 aromatic rings. The predicted octanol–water partition coefficient (Wildman–Crippen LogP) is 0.0219. The van der Waals surface area contributed by atoms with Crippen LogP contribution in [-0.2, 0) is 21.2 Å². The van der Waals surface area contributed by atoms with Gasteiger partial charge in [0.05, 0.1) is 12.3 Å². The Labute approximate surface area is 124 Å². The maximum Gasteiger partial charge on any atom is 0.273 e. The predicted molar refractivity (Wildman–Crippen MR) is 77.3 cm³/mol. The SMILES string of the molecule is CCc1[nH]nc(C(=O)NCCOCC(C)C)c1S(N)(=O)=O. The zero-order valence-electron chi connectivity index (χ0n) is 12.5. The van der Waals surface area contributed by atoms with E-state index in [1.165, 1.54) is 0 Å². The summed E-state index contributed by atoms with van der Waals surface area (Å²) in [5.74, 6) is -0.184. The molecule has 0 aliphatic carbocycles. The summed E-state index contributed by atoms with van der Waals surface area (Å²) in [5.41, 5.74) is 0.108. The number of aromatic amines is 1. The molecule has 0 saturated heterocycles. The van der Waals surface area contributed by atoms with Crippen molar-refractivity contribution < 1.29 is 17.9 Å². The number of primary sulfonamides is 1. The molecule has 4 N–H and O–H groups in total. The molecule has 0 radical (unpaired) electrons. The highest BCUT2D eigenvalue weighted by atomic mass is 32.2. The first-order chi connectivity index (χ1) is 9.77. The maximum absolute atomic E-state index is 12.0. The van der Waals surface area contributed by atoms with Crippen molar-refractivity contribution in [1.29, 1.82) is 0 Å². The molecule has 1 rings (SSSR count). The molecular weight excluding hydrogens is 296 g/mol. The van der Waals surface area contributed by atoms with Crippen molar-refractivity contribution >= 4 is 15.9 Å². The molecule has 0 bridgehead atoms. The minimum Gasteiger partial charge on any atom is -0.379 e. The standard InChI is InChI=1S/C12H22N4O4S/c1-4-9-11(21(13,18)19)10(16-15-9)12(17)14-5-6-20-7-8(2)3/h8H,4-7H2,1-3H3,(H,14,17)(H,15,16)(H2,13,18,19). The fraction of sp³-hybridized carbons (Fsp3) is 0.667. The summed E-state index contributed by atoms with van der Waals surface area (Å²) in [6.07, 6.45) is 0.379. The molecule has 0 unspecified atom stereocenters. The summed E-state index contributed by atoms with van der Waals surface area (Å²) in [6.45, 7) is 6.99. The van der Waals surface area contributed by atoms with E-state index in [4.69, 9.17) is 9.88 Å². The molecule has 0 atom stereocenters. The van der Waals surface area contributed by atoms with Gasteiger partial charge in [-0.15, -0.1) is 0 Å². The number of hydrogen-bond donors (Lipinski definition) is 3. The summed E-state index contributed by atoms with van der Waals surface area (Å²) >= 11 is 0. The molecule has 1 amide bonds. The largest absolute Gasteiger partial charge is 0.379 e. The number of nitrogens with one attached hydrogen (secondary N) is 2. The van der Waals surface area contributed by atoms with Gasteiger partial charge in [0.2, 0.25) is 10.0 Å². The number of amides is 1. The number of aromatic nitrogens is 2. The summed E-state index contributed by atoms with van der Waals surface area (Å²) in [5, 5.41) is 14.0. The number of carbonyl (C=O) groups is 1. The van der Waals surface area contributed by atoms with Crippen molar-refractivity contribution in [3.05, 3.63) is 11.4 Å². The van der Waals surface area contributed by atoms with Crippen molar-refractivity contribution in [3.63, 3.8) is 0 Å². The van der Waals surface area contributed by atoms with Crippen LogP contribution in [0.5, 0.6) is 0 Å². The molecule has 0 aliphatic heterocycles. The number of carbonyl (C=O) groups excluding carboxylic acids is 1. The summed E-state index contributed by atoms with van der Waals surface area (Å²) in [6, 6.07) is 0. The number of rotatable bonds is 8. The third kappa shape index (κ3) is 5.10. The van der Waals surface area contributed by atoms with Crippen LogP contribution in [0.4, 0.5) is 0 Å². The zero-order chi connectivity index (χ0) is 16.0. The smallest absolute Gasteiger partial charge is 0.273 e. The monoisotopic (exact) mass is 318 g/mol. The molecule has 0 fully saturated rings. The molecule has 21 heavy (non-hydrogen) atoms. The minimum atomic E-state index is -4.01. The molecule has 1 aromatic heterocycles. The van der Waals surface area contributed by atoms with Gasteiger partial charge < -0.3 is 10.1 Å². The van der Waals surface area contributed by atoms with Crippen LogP contribution in [0.3, 0.4) is 0 Å². The van der Waals surface area contributed by atoms with Gasteiger partial charge in [-0.1, -0.05) is 20.8 Å². The molecule has 1 heterocycles. The van der Waals surface area contributed by atoms with E-state index in [1.54, 1.807) is 6.92 Å². The molecule has 9 heteroatoms. The van der Waals surface area contributed by atoms with E-state index in [0.717, 1.165) is 0 Å². The second-order valence-electron chi connectivity index (χ2n) is 5.00. The summed E-state index contributed by atoms with van der Waals surface area (Å²) in [4.78, 5) is 11.7. The lowest BCUT2D eigenvalue weighted by molar-refractivity contribution is 0.0879. The first-order valence-electron chi connectivity index (χ1n) is 6.73. The van der Waals surface area contributed by atoms with Gasteiger partial charge in [0.25, 0.3) is 5.91 Å². The Morgan fingerprint density at radius 1 is 1.48 bits per heavy atom. The van der Waals surface area contributed by atoms with E-state index in [1.807, 2.05) is 13.8 Å². The third-order valence-electron chi connectivity index (χ3n) is 2.63. The normalized spacial score (nSPS) is 11.9. The van der Waals surface area contributed by atoms with Gasteiger partial charge >= 0.3 is 0 Å². The van der Waals surface area contributed by atoms with Gasteiger partial charge in [-0.2, -0.15) is 5.10 Å². The number of nitrogens with two attached hydrogens (primary N) is 1. The van der Waals surface area contributed by atoms with Crippen LogP contribution in [0.1, 0.15) is 37.0 Å². The summed E-state index contributed by atoms with van der Waals surface area (Å²) < 4.78 is 28.4. The van der Waals surface area contributed by atoms with E-state index >= 15 is 0 Å². The Bertz CT molecular complexity index is 580. The van der Waals surface area contributed by atoms with Crippen molar-refractivity contribution in [2.75, 3.05) is 19.8 Å². The van der Waals surface area contributed by atoms with Gasteiger partial charge in [0, 0.05) is 13.2 Å². The van der Waals surface area contributed by atoms with Crippen LogP contribution in [0.2, 0.25) is 0 Å². The van der Waals surface area contributed by atoms with Crippen LogP contribution in [-0.4, -0.2) is 44.3 Å². The van der Waals surface area contributed by atoms with Gasteiger partial charge in [0.1, 0.15) is 4.90 Å². The third-order valence-corrected chi connectivity index (χ3v) is 3.64. The average Bonchev–Trinajstić information content (AvgIpc) is 2.81. The van der Waals surface area contributed by atoms with Crippen molar-refractivity contribution in [1.82, 2.24) is 15.5 Å². The number of hydrogen-bond acceptors (Lipinski definition) is 5. The first-order valence-corrected chi connectivity index (χ1v) is 8.28. The van der Waals surface area contributed by atoms with Crippen LogP contribution < -0.4 is 10.5 Å². The van der Waals surface area contributed by atoms with Crippen molar-refractivity contribution in [3.8, 4) is 0 Å². The Morgan fingerprint density at radius 2 is 2.14 bits per heavy atom. The molecule has 120 valence electrons. The minimum absolute atomic E-state index is 0.210. The fourth-order valence-electron chi connectivity index (χ4n) is 1.71. The second kappa shape index (κ2) is 7.53. The number of H-pyrrole nitrogens is 1. The number of aryl methyl sites for hydroxylation is 1. The van der Waals surface area contributed by atoms with Crippen molar-refractivity contribution in [2.45, 2.75) is 32.1 Å². The highest BCUT2D eigenvalue weighted by Gasteiger charge is 2.26. The van der Waals surface area contributed by atoms with E-state index in [2.05, 4.69) is 15.5 Å². The molecule has 8 nitrogen and oxygen atoms in total. The molecule has 0 aromatic carbocycles. The van der Waals surface area contributed by atoms with E-state index in [9.17, 15) is 13.2 Å². The number of ether oxygens (including phenoxy) is 1. The van der Waals surface area contributed by atoms with E-state index in [-0.39, 0.29) is 17.1 Å². The quantitative estimate of drug-likeness (QED) is 0.582. The average molecular weight is 318 g/mol. The lowest BCUT2D eigenvalue weighted by Crippen LogP contribution is -2.30. The molecule has 0 saturated carbocycles. The van der Waals surface area contributed by atoms with Crippen molar-refractivity contribution in [2.24, 2.45) is 11.1 Å².